The molecule has 0 amide bonds. The number of carbonyl (C=O) groups is 1. The van der Waals surface area contributed by atoms with E-state index < -0.39 is 5.97 Å². The van der Waals surface area contributed by atoms with Gasteiger partial charge < -0.3 is 5.11 Å². The van der Waals surface area contributed by atoms with Crippen molar-refractivity contribution in [3.8, 4) is 0 Å². The van der Waals surface area contributed by atoms with Crippen LogP contribution in [0.2, 0.25) is 5.02 Å². The van der Waals surface area contributed by atoms with Gasteiger partial charge in [-0.15, -0.1) is 0 Å². The normalized spacial score (nSPS) is 10.8. The van der Waals surface area contributed by atoms with Gasteiger partial charge >= 0.3 is 5.97 Å². The third-order valence-electron chi connectivity index (χ3n) is 1.68. The number of benzene rings is 1. The number of carboxylic acid groups (broad SMARTS) is 1. The maximum atomic E-state index is 10.3. The lowest BCUT2D eigenvalue weighted by molar-refractivity contribution is -0.131. The molecule has 0 radical (unpaired) electrons. The zero-order chi connectivity index (χ0) is 10.7. The summed E-state index contributed by atoms with van der Waals surface area (Å²) in [6.07, 6.45) is 2.61. The molecule has 0 aromatic heterocycles. The molecular formula is C10H8BrClO2. The van der Waals surface area contributed by atoms with Crippen LogP contribution < -0.4 is 0 Å². The van der Waals surface area contributed by atoms with E-state index in [1.165, 1.54) is 6.08 Å². The fraction of sp³-hybridized carbons (Fsp3) is 0.100. The maximum Gasteiger partial charge on any atom is 0.328 e. The quantitative estimate of drug-likeness (QED) is 0.839. The number of carboxylic acids is 1. The van der Waals surface area contributed by atoms with Gasteiger partial charge in [-0.3, -0.25) is 0 Å². The van der Waals surface area contributed by atoms with Crippen LogP contribution in [0.3, 0.4) is 0 Å². The molecule has 0 saturated heterocycles. The zero-order valence-corrected chi connectivity index (χ0v) is 9.76. The first kappa shape index (κ1) is 11.3. The molecule has 0 aliphatic heterocycles. The predicted octanol–water partition coefficient (Wildman–Crippen LogP) is 3.51. The Balaban J connectivity index is 3.10. The molecule has 0 spiro atoms. The van der Waals surface area contributed by atoms with Gasteiger partial charge in [0, 0.05) is 15.6 Å². The Morgan fingerprint density at radius 2 is 2.21 bits per heavy atom. The Labute approximate surface area is 95.3 Å². The second-order valence-corrected chi connectivity index (χ2v) is 4.06. The second-order valence-electron chi connectivity index (χ2n) is 2.79. The standard InChI is InChI=1S/C10H8BrClO2/c1-6-4-7(2-3-10(13)14)8(11)5-9(6)12/h2-5H,1H3,(H,13,14)/b3-2+. The van der Waals surface area contributed by atoms with E-state index in [9.17, 15) is 4.79 Å². The van der Waals surface area contributed by atoms with E-state index in [0.29, 0.717) is 5.02 Å². The minimum atomic E-state index is -0.968. The molecule has 2 nitrogen and oxygen atoms in total. The summed E-state index contributed by atoms with van der Waals surface area (Å²) in [6, 6.07) is 3.57. The Bertz CT molecular complexity index is 399. The van der Waals surface area contributed by atoms with Crippen molar-refractivity contribution in [3.05, 3.63) is 38.8 Å². The molecule has 1 rings (SSSR count). The highest BCUT2D eigenvalue weighted by molar-refractivity contribution is 9.10. The molecule has 1 aromatic carbocycles. The minimum Gasteiger partial charge on any atom is -0.478 e. The lowest BCUT2D eigenvalue weighted by Crippen LogP contribution is -1.87. The minimum absolute atomic E-state index is 0.657. The van der Waals surface area contributed by atoms with Crippen LogP contribution in [0, 0.1) is 6.92 Å². The number of hydrogen-bond donors (Lipinski definition) is 1. The van der Waals surface area contributed by atoms with Crippen molar-refractivity contribution in [3.63, 3.8) is 0 Å². The van der Waals surface area contributed by atoms with Crippen LogP contribution in [0.5, 0.6) is 0 Å². The van der Waals surface area contributed by atoms with Gasteiger partial charge in [-0.05, 0) is 36.3 Å². The largest absolute Gasteiger partial charge is 0.478 e. The smallest absolute Gasteiger partial charge is 0.328 e. The summed E-state index contributed by atoms with van der Waals surface area (Å²) >= 11 is 9.18. The van der Waals surface area contributed by atoms with Gasteiger partial charge in [-0.25, -0.2) is 4.79 Å². The Kier molecular flexibility index (Phi) is 3.72. The topological polar surface area (TPSA) is 37.3 Å². The highest BCUT2D eigenvalue weighted by atomic mass is 79.9. The predicted molar refractivity (Wildman–Crippen MR) is 60.6 cm³/mol. The van der Waals surface area contributed by atoms with Gasteiger partial charge in [0.15, 0.2) is 0 Å². The van der Waals surface area contributed by atoms with Crippen LogP contribution in [0.25, 0.3) is 6.08 Å². The Morgan fingerprint density at radius 1 is 1.57 bits per heavy atom. The molecule has 0 saturated carbocycles. The number of aryl methyl sites for hydroxylation is 1. The average Bonchev–Trinajstić information content (AvgIpc) is 2.09. The van der Waals surface area contributed by atoms with Gasteiger partial charge in [0.1, 0.15) is 0 Å². The fourth-order valence-electron chi connectivity index (χ4n) is 0.968. The molecule has 4 heteroatoms. The van der Waals surface area contributed by atoms with Crippen molar-refractivity contribution in [2.24, 2.45) is 0 Å². The highest BCUT2D eigenvalue weighted by Crippen LogP contribution is 2.26. The fourth-order valence-corrected chi connectivity index (χ4v) is 1.74. The number of hydrogen-bond acceptors (Lipinski definition) is 1. The molecule has 0 unspecified atom stereocenters. The van der Waals surface area contributed by atoms with Crippen molar-refractivity contribution in [1.82, 2.24) is 0 Å². The Morgan fingerprint density at radius 3 is 2.79 bits per heavy atom. The van der Waals surface area contributed by atoms with Crippen molar-refractivity contribution in [2.75, 3.05) is 0 Å². The van der Waals surface area contributed by atoms with Gasteiger partial charge in [0.05, 0.1) is 0 Å². The summed E-state index contributed by atoms with van der Waals surface area (Å²) in [6.45, 7) is 1.87. The van der Waals surface area contributed by atoms with Gasteiger partial charge in [0.2, 0.25) is 0 Å². The molecule has 0 fully saturated rings. The lowest BCUT2D eigenvalue weighted by atomic mass is 10.1. The summed E-state index contributed by atoms with van der Waals surface area (Å²) in [5.41, 5.74) is 1.72. The molecule has 14 heavy (non-hydrogen) atoms. The molecule has 0 atom stereocenters. The maximum absolute atomic E-state index is 10.3. The Hall–Kier alpha value is -0.800. The van der Waals surface area contributed by atoms with Crippen LogP contribution in [0.4, 0.5) is 0 Å². The van der Waals surface area contributed by atoms with Crippen LogP contribution in [-0.2, 0) is 4.79 Å². The first-order chi connectivity index (χ1) is 6.50. The van der Waals surface area contributed by atoms with E-state index in [1.54, 1.807) is 6.07 Å². The molecule has 1 aromatic rings. The van der Waals surface area contributed by atoms with Crippen molar-refractivity contribution in [1.29, 1.82) is 0 Å². The molecule has 0 aliphatic carbocycles. The summed E-state index contributed by atoms with van der Waals surface area (Å²) in [7, 11) is 0. The average molecular weight is 276 g/mol. The van der Waals surface area contributed by atoms with Gasteiger partial charge in [0.25, 0.3) is 0 Å². The van der Waals surface area contributed by atoms with E-state index in [4.69, 9.17) is 16.7 Å². The molecule has 0 heterocycles. The number of halogens is 2. The molecule has 74 valence electrons. The van der Waals surface area contributed by atoms with E-state index in [0.717, 1.165) is 21.7 Å². The molecule has 0 aliphatic rings. The van der Waals surface area contributed by atoms with Gasteiger partial charge in [-0.1, -0.05) is 27.5 Å². The van der Waals surface area contributed by atoms with Crippen LogP contribution in [0.1, 0.15) is 11.1 Å². The summed E-state index contributed by atoms with van der Waals surface area (Å²) in [5.74, 6) is -0.968. The zero-order valence-electron chi connectivity index (χ0n) is 7.42. The summed E-state index contributed by atoms with van der Waals surface area (Å²) in [4.78, 5) is 10.3. The van der Waals surface area contributed by atoms with Gasteiger partial charge in [-0.2, -0.15) is 0 Å². The van der Waals surface area contributed by atoms with E-state index in [1.807, 2.05) is 13.0 Å². The first-order valence-corrected chi connectivity index (χ1v) is 5.04. The lowest BCUT2D eigenvalue weighted by Gasteiger charge is -2.02. The van der Waals surface area contributed by atoms with Crippen LogP contribution in [0.15, 0.2) is 22.7 Å². The SMILES string of the molecule is Cc1cc(/C=C/C(=O)O)c(Br)cc1Cl. The summed E-state index contributed by atoms with van der Waals surface area (Å²) in [5, 5.41) is 9.12. The first-order valence-electron chi connectivity index (χ1n) is 3.87. The van der Waals surface area contributed by atoms with Crippen molar-refractivity contribution in [2.45, 2.75) is 6.92 Å². The van der Waals surface area contributed by atoms with Crippen LogP contribution in [-0.4, -0.2) is 11.1 Å². The van der Waals surface area contributed by atoms with Crippen LogP contribution >= 0.6 is 27.5 Å². The number of aliphatic carboxylic acids is 1. The van der Waals surface area contributed by atoms with E-state index >= 15 is 0 Å². The van der Waals surface area contributed by atoms with E-state index in [2.05, 4.69) is 15.9 Å². The van der Waals surface area contributed by atoms with E-state index in [-0.39, 0.29) is 0 Å². The van der Waals surface area contributed by atoms with Crippen molar-refractivity contribution < 1.29 is 9.90 Å². The molecular weight excluding hydrogens is 267 g/mol. The summed E-state index contributed by atoms with van der Waals surface area (Å²) < 4.78 is 0.783. The molecule has 1 N–H and O–H groups in total. The second kappa shape index (κ2) is 4.62. The third-order valence-corrected chi connectivity index (χ3v) is 2.78. The monoisotopic (exact) mass is 274 g/mol. The molecule has 0 bridgehead atoms. The highest BCUT2D eigenvalue weighted by Gasteiger charge is 2.01. The third kappa shape index (κ3) is 2.86. The van der Waals surface area contributed by atoms with Crippen molar-refractivity contribution >= 4 is 39.6 Å². The number of rotatable bonds is 2.